The number of nitrogens with one attached hydrogen (secondary N) is 1. The second-order valence-electron chi connectivity index (χ2n) is 4.15. The van der Waals surface area contributed by atoms with Crippen molar-refractivity contribution in [2.24, 2.45) is 0 Å². The smallest absolute Gasteiger partial charge is 0.326 e. The highest BCUT2D eigenvalue weighted by molar-refractivity contribution is 7.99. The fourth-order valence-corrected chi connectivity index (χ4v) is 2.27. The summed E-state index contributed by atoms with van der Waals surface area (Å²) >= 11 is 1.47. The van der Waals surface area contributed by atoms with Gasteiger partial charge in [0.25, 0.3) is 0 Å². The van der Waals surface area contributed by atoms with Crippen molar-refractivity contribution in [1.29, 1.82) is 0 Å². The van der Waals surface area contributed by atoms with Gasteiger partial charge in [-0.05, 0) is 25.0 Å². The average Bonchev–Trinajstić information content (AvgIpc) is 2.33. The third kappa shape index (κ3) is 10.4. The van der Waals surface area contributed by atoms with Gasteiger partial charge in [-0.25, -0.2) is 4.79 Å². The number of carboxylic acids is 2. The molecule has 110 valence electrons. The van der Waals surface area contributed by atoms with Crippen LogP contribution in [-0.4, -0.2) is 45.6 Å². The zero-order valence-corrected chi connectivity index (χ0v) is 11.9. The maximum absolute atomic E-state index is 11.5. The Labute approximate surface area is 116 Å². The van der Waals surface area contributed by atoms with Gasteiger partial charge in [0, 0.05) is 6.42 Å². The molecular formula is C12H21NO5S. The van der Waals surface area contributed by atoms with E-state index >= 15 is 0 Å². The van der Waals surface area contributed by atoms with Crippen molar-refractivity contribution in [3.05, 3.63) is 0 Å². The maximum atomic E-state index is 11.5. The number of aliphatic carboxylic acids is 2. The first-order valence-electron chi connectivity index (χ1n) is 6.29. The molecule has 6 nitrogen and oxygen atoms in total. The van der Waals surface area contributed by atoms with E-state index in [1.54, 1.807) is 0 Å². The Hall–Kier alpha value is -1.24. The minimum Gasteiger partial charge on any atom is -0.481 e. The van der Waals surface area contributed by atoms with Gasteiger partial charge in [-0.1, -0.05) is 13.3 Å². The van der Waals surface area contributed by atoms with E-state index in [4.69, 9.17) is 10.2 Å². The molecule has 0 aliphatic rings. The number of amides is 1. The highest BCUT2D eigenvalue weighted by atomic mass is 32.2. The maximum Gasteiger partial charge on any atom is 0.326 e. The first-order chi connectivity index (χ1) is 8.97. The van der Waals surface area contributed by atoms with Crippen molar-refractivity contribution in [1.82, 2.24) is 5.32 Å². The third-order valence-electron chi connectivity index (χ3n) is 2.39. The van der Waals surface area contributed by atoms with Gasteiger partial charge >= 0.3 is 11.9 Å². The Morgan fingerprint density at radius 3 is 2.42 bits per heavy atom. The molecule has 0 fully saturated rings. The Kier molecular flexibility index (Phi) is 9.97. The number of carboxylic acid groups (broad SMARTS) is 2. The van der Waals surface area contributed by atoms with Crippen LogP contribution >= 0.6 is 11.8 Å². The van der Waals surface area contributed by atoms with Crippen molar-refractivity contribution in [3.8, 4) is 0 Å². The lowest BCUT2D eigenvalue weighted by atomic mass is 10.1. The highest BCUT2D eigenvalue weighted by Crippen LogP contribution is 2.06. The molecule has 3 N–H and O–H groups in total. The number of hydrogen-bond donors (Lipinski definition) is 3. The lowest BCUT2D eigenvalue weighted by molar-refractivity contribution is -0.142. The van der Waals surface area contributed by atoms with E-state index in [0.29, 0.717) is 0 Å². The molecule has 0 aromatic heterocycles. The lowest BCUT2D eigenvalue weighted by Gasteiger charge is -2.13. The molecule has 0 heterocycles. The second-order valence-corrected chi connectivity index (χ2v) is 5.26. The predicted octanol–water partition coefficient (Wildman–Crippen LogP) is 1.34. The summed E-state index contributed by atoms with van der Waals surface area (Å²) in [6.07, 6.45) is 2.36. The largest absolute Gasteiger partial charge is 0.481 e. The minimum absolute atomic E-state index is 0.0924. The van der Waals surface area contributed by atoms with Gasteiger partial charge in [-0.2, -0.15) is 11.8 Å². The Morgan fingerprint density at radius 2 is 1.89 bits per heavy atom. The Morgan fingerprint density at radius 1 is 1.21 bits per heavy atom. The highest BCUT2D eigenvalue weighted by Gasteiger charge is 2.19. The summed E-state index contributed by atoms with van der Waals surface area (Å²) in [6.45, 7) is 2.06. The zero-order chi connectivity index (χ0) is 14.7. The van der Waals surface area contributed by atoms with Gasteiger partial charge in [-0.15, -0.1) is 0 Å². The van der Waals surface area contributed by atoms with Gasteiger partial charge < -0.3 is 15.5 Å². The van der Waals surface area contributed by atoms with Crippen molar-refractivity contribution in [2.45, 2.75) is 45.1 Å². The van der Waals surface area contributed by atoms with Crippen molar-refractivity contribution in [2.75, 3.05) is 11.5 Å². The van der Waals surface area contributed by atoms with Crippen LogP contribution in [0.3, 0.4) is 0 Å². The summed E-state index contributed by atoms with van der Waals surface area (Å²) in [5.74, 6) is -1.30. The molecule has 0 rings (SSSR count). The normalized spacial score (nSPS) is 11.8. The van der Waals surface area contributed by atoms with Crippen LogP contribution in [0.5, 0.6) is 0 Å². The lowest BCUT2D eigenvalue weighted by Crippen LogP contribution is -2.41. The van der Waals surface area contributed by atoms with Gasteiger partial charge in [-0.3, -0.25) is 9.59 Å². The summed E-state index contributed by atoms with van der Waals surface area (Å²) in [5, 5.41) is 19.8. The van der Waals surface area contributed by atoms with Crippen LogP contribution in [-0.2, 0) is 14.4 Å². The third-order valence-corrected chi connectivity index (χ3v) is 3.44. The molecule has 0 bridgehead atoms. The topological polar surface area (TPSA) is 104 Å². The first kappa shape index (κ1) is 17.8. The van der Waals surface area contributed by atoms with Crippen LogP contribution in [0.4, 0.5) is 0 Å². The van der Waals surface area contributed by atoms with E-state index < -0.39 is 18.0 Å². The SMILES string of the molecule is CCCCSCC(=O)N[C@H](CCCC(=O)O)C(=O)O. The van der Waals surface area contributed by atoms with E-state index in [9.17, 15) is 14.4 Å². The molecule has 0 spiro atoms. The average molecular weight is 291 g/mol. The van der Waals surface area contributed by atoms with Crippen LogP contribution in [0.1, 0.15) is 39.0 Å². The van der Waals surface area contributed by atoms with E-state index in [1.807, 2.05) is 0 Å². The van der Waals surface area contributed by atoms with E-state index in [1.165, 1.54) is 11.8 Å². The standard InChI is InChI=1S/C12H21NO5S/c1-2-3-7-19-8-10(14)13-9(12(17)18)5-4-6-11(15)16/h9H,2-8H2,1H3,(H,13,14)(H,15,16)(H,17,18)/t9-/m1/s1. The molecule has 1 atom stereocenters. The number of hydrogen-bond acceptors (Lipinski definition) is 4. The van der Waals surface area contributed by atoms with Gasteiger partial charge in [0.05, 0.1) is 5.75 Å². The Bertz CT molecular complexity index is 308. The number of carbonyl (C=O) groups excluding carboxylic acids is 1. The predicted molar refractivity (Wildman–Crippen MR) is 73.3 cm³/mol. The summed E-state index contributed by atoms with van der Waals surface area (Å²) < 4.78 is 0. The first-order valence-corrected chi connectivity index (χ1v) is 7.44. The van der Waals surface area contributed by atoms with E-state index in [2.05, 4.69) is 12.2 Å². The summed E-state index contributed by atoms with van der Waals surface area (Å²) in [7, 11) is 0. The molecule has 0 saturated carbocycles. The fraction of sp³-hybridized carbons (Fsp3) is 0.750. The van der Waals surface area contributed by atoms with Crippen LogP contribution in [0.25, 0.3) is 0 Å². The number of rotatable bonds is 11. The number of unbranched alkanes of at least 4 members (excludes halogenated alkanes) is 1. The quantitative estimate of drug-likeness (QED) is 0.496. The summed E-state index contributed by atoms with van der Waals surface area (Å²) in [4.78, 5) is 32.8. The van der Waals surface area contributed by atoms with Crippen LogP contribution in [0.2, 0.25) is 0 Å². The van der Waals surface area contributed by atoms with Crippen molar-refractivity contribution in [3.63, 3.8) is 0 Å². The molecule has 1 amide bonds. The molecule has 0 aliphatic heterocycles. The summed E-state index contributed by atoms with van der Waals surface area (Å²) in [5.41, 5.74) is 0. The second kappa shape index (κ2) is 10.7. The van der Waals surface area contributed by atoms with Gasteiger partial charge in [0.2, 0.25) is 5.91 Å². The Balaban J connectivity index is 3.94. The molecule has 19 heavy (non-hydrogen) atoms. The zero-order valence-electron chi connectivity index (χ0n) is 11.1. The van der Waals surface area contributed by atoms with Gasteiger partial charge in [0.15, 0.2) is 0 Å². The number of thioether (sulfide) groups is 1. The van der Waals surface area contributed by atoms with E-state index in [0.717, 1.165) is 18.6 Å². The van der Waals surface area contributed by atoms with Crippen LogP contribution in [0.15, 0.2) is 0 Å². The monoisotopic (exact) mass is 291 g/mol. The van der Waals surface area contributed by atoms with Crippen LogP contribution in [0, 0.1) is 0 Å². The molecule has 0 radical (unpaired) electrons. The molecule has 0 unspecified atom stereocenters. The van der Waals surface area contributed by atoms with Gasteiger partial charge in [0.1, 0.15) is 6.04 Å². The number of carbonyl (C=O) groups is 3. The molecule has 7 heteroatoms. The molecule has 0 aliphatic carbocycles. The van der Waals surface area contributed by atoms with Crippen molar-refractivity contribution < 1.29 is 24.6 Å². The van der Waals surface area contributed by atoms with Crippen molar-refractivity contribution >= 4 is 29.6 Å². The van der Waals surface area contributed by atoms with E-state index in [-0.39, 0.29) is 30.9 Å². The molecular weight excluding hydrogens is 270 g/mol. The minimum atomic E-state index is -1.13. The molecule has 0 saturated heterocycles. The molecule has 0 aromatic rings. The summed E-state index contributed by atoms with van der Waals surface area (Å²) in [6, 6.07) is -1.00. The van der Waals surface area contributed by atoms with Crippen LogP contribution < -0.4 is 5.32 Å². The fourth-order valence-electron chi connectivity index (χ4n) is 1.36. The molecule has 0 aromatic carbocycles.